The van der Waals surface area contributed by atoms with Gasteiger partial charge in [0.2, 0.25) is 0 Å². The molecule has 182 valence electrons. The van der Waals surface area contributed by atoms with Crippen LogP contribution in [-0.4, -0.2) is 42.0 Å². The van der Waals surface area contributed by atoms with Crippen molar-refractivity contribution in [2.24, 2.45) is 0 Å². The first-order valence-corrected chi connectivity index (χ1v) is 12.8. The molecule has 1 N–H and O–H groups in total. The van der Waals surface area contributed by atoms with Gasteiger partial charge in [-0.15, -0.1) is 0 Å². The standard InChI is InChI=1S/C32H33N3O/c1-35(2)31-16-10-9-15-29(31)34-32(36)30-18-17-25(22-33-30)28-20-26(23-11-5-3-6-12-23)19-27(21-28)24-13-7-4-8-14-24/h3-8,11-14,17-22,29,31H,9-10,15-16H2,1-2H3,(H,34,36)/t29-,31-/m0/s1. The summed E-state index contributed by atoms with van der Waals surface area (Å²) in [6, 6.07) is 31.9. The van der Waals surface area contributed by atoms with Crippen LogP contribution in [0.4, 0.5) is 0 Å². The number of aromatic nitrogens is 1. The summed E-state index contributed by atoms with van der Waals surface area (Å²) in [5, 5.41) is 3.24. The fourth-order valence-electron chi connectivity index (χ4n) is 5.23. The highest BCUT2D eigenvalue weighted by Gasteiger charge is 2.28. The number of hydrogen-bond acceptors (Lipinski definition) is 3. The molecule has 0 bridgehead atoms. The van der Waals surface area contributed by atoms with Crippen molar-refractivity contribution >= 4 is 5.91 Å². The summed E-state index contributed by atoms with van der Waals surface area (Å²) in [5.74, 6) is -0.0942. The van der Waals surface area contributed by atoms with Gasteiger partial charge >= 0.3 is 0 Å². The van der Waals surface area contributed by atoms with Gasteiger partial charge in [-0.1, -0.05) is 79.6 Å². The van der Waals surface area contributed by atoms with Gasteiger partial charge in [-0.3, -0.25) is 9.78 Å². The molecular formula is C32H33N3O. The molecule has 1 amide bonds. The van der Waals surface area contributed by atoms with E-state index in [0.717, 1.165) is 41.5 Å². The SMILES string of the molecule is CN(C)[C@H]1CCCC[C@@H]1NC(=O)c1ccc(-c2cc(-c3ccccc3)cc(-c3ccccc3)c2)cn1. The average molecular weight is 476 g/mol. The van der Waals surface area contributed by atoms with Gasteiger partial charge in [0, 0.05) is 23.8 Å². The molecule has 0 saturated heterocycles. The second-order valence-electron chi connectivity index (χ2n) is 9.86. The Kier molecular flexibility index (Phi) is 7.24. The van der Waals surface area contributed by atoms with Crippen molar-refractivity contribution in [2.75, 3.05) is 14.1 Å². The topological polar surface area (TPSA) is 45.2 Å². The van der Waals surface area contributed by atoms with Gasteiger partial charge in [0.25, 0.3) is 5.91 Å². The third kappa shape index (κ3) is 5.39. The van der Waals surface area contributed by atoms with Crippen LogP contribution in [-0.2, 0) is 0 Å². The number of carbonyl (C=O) groups is 1. The van der Waals surface area contributed by atoms with Crippen LogP contribution in [0.3, 0.4) is 0 Å². The maximum Gasteiger partial charge on any atom is 0.270 e. The Balaban J connectivity index is 1.43. The number of carbonyl (C=O) groups excluding carboxylic acids is 1. The van der Waals surface area contributed by atoms with Gasteiger partial charge < -0.3 is 10.2 Å². The molecule has 2 atom stereocenters. The molecule has 4 nitrogen and oxygen atoms in total. The third-order valence-corrected chi connectivity index (χ3v) is 7.19. The summed E-state index contributed by atoms with van der Waals surface area (Å²) in [6.45, 7) is 0. The molecule has 36 heavy (non-hydrogen) atoms. The van der Waals surface area contributed by atoms with E-state index in [9.17, 15) is 4.79 Å². The normalized spacial score (nSPS) is 17.6. The maximum atomic E-state index is 13.0. The first-order chi connectivity index (χ1) is 17.6. The van der Waals surface area contributed by atoms with Crippen molar-refractivity contribution < 1.29 is 4.79 Å². The summed E-state index contributed by atoms with van der Waals surface area (Å²) in [6.07, 6.45) is 6.32. The number of benzene rings is 3. The van der Waals surface area contributed by atoms with Crippen LogP contribution in [0.1, 0.15) is 36.2 Å². The summed E-state index contributed by atoms with van der Waals surface area (Å²) >= 11 is 0. The lowest BCUT2D eigenvalue weighted by Crippen LogP contribution is -2.51. The molecule has 0 aliphatic heterocycles. The van der Waals surface area contributed by atoms with Crippen molar-refractivity contribution in [1.29, 1.82) is 0 Å². The quantitative estimate of drug-likeness (QED) is 0.338. The van der Waals surface area contributed by atoms with Crippen LogP contribution in [0.2, 0.25) is 0 Å². The molecule has 1 saturated carbocycles. The van der Waals surface area contributed by atoms with E-state index in [1.54, 1.807) is 0 Å². The minimum absolute atomic E-state index is 0.0942. The van der Waals surface area contributed by atoms with Crippen LogP contribution >= 0.6 is 0 Å². The Bertz CT molecular complexity index is 1240. The Morgan fingerprint density at radius 3 is 1.81 bits per heavy atom. The summed E-state index contributed by atoms with van der Waals surface area (Å²) in [4.78, 5) is 19.8. The number of likely N-dealkylation sites (N-methyl/N-ethyl adjacent to an activating group) is 1. The highest BCUT2D eigenvalue weighted by atomic mass is 16.1. The monoisotopic (exact) mass is 475 g/mol. The lowest BCUT2D eigenvalue weighted by Gasteiger charge is -2.36. The van der Waals surface area contributed by atoms with E-state index in [4.69, 9.17) is 0 Å². The Morgan fingerprint density at radius 1 is 0.722 bits per heavy atom. The lowest BCUT2D eigenvalue weighted by atomic mass is 9.89. The van der Waals surface area contributed by atoms with Crippen LogP contribution < -0.4 is 5.32 Å². The minimum Gasteiger partial charge on any atom is -0.346 e. The maximum absolute atomic E-state index is 13.0. The van der Waals surface area contributed by atoms with E-state index in [1.165, 1.54) is 17.5 Å². The van der Waals surface area contributed by atoms with E-state index in [-0.39, 0.29) is 11.9 Å². The van der Waals surface area contributed by atoms with E-state index in [0.29, 0.717) is 11.7 Å². The number of nitrogens with zero attached hydrogens (tertiary/aromatic N) is 2. The predicted octanol–water partition coefficient (Wildman–Crippen LogP) is 6.69. The van der Waals surface area contributed by atoms with Gasteiger partial charge in [-0.2, -0.15) is 0 Å². The smallest absolute Gasteiger partial charge is 0.270 e. The van der Waals surface area contributed by atoms with Crippen LogP contribution in [0.15, 0.2) is 97.2 Å². The van der Waals surface area contributed by atoms with E-state index < -0.39 is 0 Å². The highest BCUT2D eigenvalue weighted by molar-refractivity contribution is 5.93. The first-order valence-electron chi connectivity index (χ1n) is 12.8. The van der Waals surface area contributed by atoms with Gasteiger partial charge in [0.05, 0.1) is 0 Å². The molecule has 5 rings (SSSR count). The van der Waals surface area contributed by atoms with Crippen molar-refractivity contribution in [2.45, 2.75) is 37.8 Å². The molecule has 0 spiro atoms. The van der Waals surface area contributed by atoms with Gasteiger partial charge in [-0.05, 0) is 79.0 Å². The molecule has 3 aromatic carbocycles. The highest BCUT2D eigenvalue weighted by Crippen LogP contribution is 2.32. The Labute approximate surface area is 214 Å². The molecule has 1 aromatic heterocycles. The van der Waals surface area contributed by atoms with E-state index >= 15 is 0 Å². The first kappa shape index (κ1) is 24.0. The van der Waals surface area contributed by atoms with Crippen molar-refractivity contribution in [3.63, 3.8) is 0 Å². The second-order valence-corrected chi connectivity index (χ2v) is 9.86. The summed E-state index contributed by atoms with van der Waals surface area (Å²) in [7, 11) is 4.19. The molecule has 1 aliphatic rings. The molecular weight excluding hydrogens is 442 g/mol. The summed E-state index contributed by atoms with van der Waals surface area (Å²) < 4.78 is 0. The third-order valence-electron chi connectivity index (χ3n) is 7.19. The zero-order valence-electron chi connectivity index (χ0n) is 21.0. The van der Waals surface area contributed by atoms with Crippen LogP contribution in [0.5, 0.6) is 0 Å². The zero-order valence-corrected chi connectivity index (χ0v) is 21.0. The van der Waals surface area contributed by atoms with Crippen LogP contribution in [0, 0.1) is 0 Å². The molecule has 1 fully saturated rings. The fourth-order valence-corrected chi connectivity index (χ4v) is 5.23. The van der Waals surface area contributed by atoms with Gasteiger partial charge in [0.15, 0.2) is 0 Å². The number of hydrogen-bond donors (Lipinski definition) is 1. The molecule has 4 heteroatoms. The predicted molar refractivity (Wildman–Crippen MR) is 148 cm³/mol. The molecule has 4 aromatic rings. The second kappa shape index (κ2) is 10.9. The van der Waals surface area contributed by atoms with E-state index in [1.807, 2.05) is 30.5 Å². The van der Waals surface area contributed by atoms with E-state index in [2.05, 4.69) is 96.0 Å². The molecule has 1 heterocycles. The van der Waals surface area contributed by atoms with Gasteiger partial charge in [0.1, 0.15) is 5.69 Å². The Hall–Kier alpha value is -3.76. The number of nitrogens with one attached hydrogen (secondary N) is 1. The van der Waals surface area contributed by atoms with Crippen LogP contribution in [0.25, 0.3) is 33.4 Å². The van der Waals surface area contributed by atoms with Crippen molar-refractivity contribution in [3.05, 3.63) is 103 Å². The largest absolute Gasteiger partial charge is 0.346 e. The average Bonchev–Trinajstić information content (AvgIpc) is 2.94. The lowest BCUT2D eigenvalue weighted by molar-refractivity contribution is 0.0878. The minimum atomic E-state index is -0.0942. The summed E-state index contributed by atoms with van der Waals surface area (Å²) in [5.41, 5.74) is 7.18. The van der Waals surface area contributed by atoms with Crippen molar-refractivity contribution in [1.82, 2.24) is 15.2 Å². The zero-order chi connectivity index (χ0) is 24.9. The number of pyridine rings is 1. The van der Waals surface area contributed by atoms with Gasteiger partial charge in [-0.25, -0.2) is 0 Å². The molecule has 0 radical (unpaired) electrons. The van der Waals surface area contributed by atoms with Crippen molar-refractivity contribution in [3.8, 4) is 33.4 Å². The molecule has 0 unspecified atom stereocenters. The number of amides is 1. The fraction of sp³-hybridized carbons (Fsp3) is 0.250. The Morgan fingerprint density at radius 2 is 1.28 bits per heavy atom. The number of rotatable bonds is 6. The molecule has 1 aliphatic carbocycles.